The van der Waals surface area contributed by atoms with Crippen molar-refractivity contribution in [3.8, 4) is 11.5 Å². The van der Waals surface area contributed by atoms with E-state index in [-0.39, 0.29) is 11.8 Å². The van der Waals surface area contributed by atoms with Gasteiger partial charge in [-0.1, -0.05) is 48.5 Å². The van der Waals surface area contributed by atoms with E-state index in [1.54, 1.807) is 5.01 Å². The molecule has 3 N–H and O–H groups in total. The fourth-order valence-electron chi connectivity index (χ4n) is 4.17. The molecule has 3 aromatic carbocycles. The number of carboxylic acid groups (broad SMARTS) is 1. The van der Waals surface area contributed by atoms with Crippen molar-refractivity contribution in [2.75, 3.05) is 18.4 Å². The highest BCUT2D eigenvalue weighted by Crippen LogP contribution is 2.25. The number of para-hydroxylation sites is 1. The van der Waals surface area contributed by atoms with Gasteiger partial charge in [0.15, 0.2) is 0 Å². The van der Waals surface area contributed by atoms with E-state index in [1.165, 1.54) is 0 Å². The van der Waals surface area contributed by atoms with Crippen molar-refractivity contribution in [1.82, 2.24) is 10.4 Å². The minimum Gasteiger partial charge on any atom is -0.480 e. The topological polar surface area (TPSA) is 90.9 Å². The molecular weight excluding hydrogens is 430 g/mol. The summed E-state index contributed by atoms with van der Waals surface area (Å²) in [6.07, 6.45) is 2.03. The highest BCUT2D eigenvalue weighted by molar-refractivity contribution is 5.90. The van der Waals surface area contributed by atoms with Gasteiger partial charge in [0.2, 0.25) is 5.91 Å². The zero-order valence-corrected chi connectivity index (χ0v) is 18.9. The van der Waals surface area contributed by atoms with Gasteiger partial charge in [-0.25, -0.2) is 5.01 Å². The Morgan fingerprint density at radius 3 is 2.29 bits per heavy atom. The summed E-state index contributed by atoms with van der Waals surface area (Å²) in [5.41, 5.74) is 4.71. The van der Waals surface area contributed by atoms with Crippen LogP contribution >= 0.6 is 0 Å². The second-order valence-electron chi connectivity index (χ2n) is 8.41. The van der Waals surface area contributed by atoms with E-state index in [9.17, 15) is 14.7 Å². The summed E-state index contributed by atoms with van der Waals surface area (Å²) in [5, 5.41) is 14.5. The Morgan fingerprint density at radius 2 is 1.62 bits per heavy atom. The van der Waals surface area contributed by atoms with Gasteiger partial charge in [0.25, 0.3) is 0 Å². The van der Waals surface area contributed by atoms with Gasteiger partial charge in [0.1, 0.15) is 17.5 Å². The summed E-state index contributed by atoms with van der Waals surface area (Å²) in [6.45, 7) is 1.15. The molecule has 0 aromatic heterocycles. The summed E-state index contributed by atoms with van der Waals surface area (Å²) < 4.78 is 5.78. The minimum absolute atomic E-state index is 0.0604. The Morgan fingerprint density at radius 1 is 0.971 bits per heavy atom. The largest absolute Gasteiger partial charge is 0.480 e. The van der Waals surface area contributed by atoms with Crippen LogP contribution in [-0.2, 0) is 9.59 Å². The standard InChI is InChI=1S/C27H29N3O4/c31-25(29-22-13-15-24(16-14-22)34-23-11-5-2-6-12-23)18-20-8-7-17-30(28-19-20)26(27(32)33)21-9-3-1-4-10-21/h1-6,9-16,20,26,28H,7-8,17-19H2,(H,29,31)(H,32,33). The molecule has 1 heterocycles. The van der Waals surface area contributed by atoms with Gasteiger partial charge in [0, 0.05) is 25.2 Å². The smallest absolute Gasteiger partial charge is 0.326 e. The van der Waals surface area contributed by atoms with Crippen molar-refractivity contribution in [2.45, 2.75) is 25.3 Å². The molecule has 2 atom stereocenters. The van der Waals surface area contributed by atoms with Gasteiger partial charge in [-0.2, -0.15) is 0 Å². The number of nitrogens with one attached hydrogen (secondary N) is 2. The third-order valence-electron chi connectivity index (χ3n) is 5.85. The normalized spacial score (nSPS) is 17.4. The zero-order valence-electron chi connectivity index (χ0n) is 18.9. The van der Waals surface area contributed by atoms with Crippen molar-refractivity contribution in [3.05, 3.63) is 90.5 Å². The first-order chi connectivity index (χ1) is 16.6. The number of hydrogen-bond donors (Lipinski definition) is 3. The molecule has 176 valence electrons. The summed E-state index contributed by atoms with van der Waals surface area (Å²) in [6, 6.07) is 25.3. The molecule has 0 bridgehead atoms. The SMILES string of the molecule is O=C(CC1CCCN(C(C(=O)O)c2ccccc2)NC1)Nc1ccc(Oc2ccccc2)cc1. The highest BCUT2D eigenvalue weighted by atomic mass is 16.5. The molecule has 34 heavy (non-hydrogen) atoms. The first-order valence-electron chi connectivity index (χ1n) is 11.5. The molecule has 0 saturated carbocycles. The van der Waals surface area contributed by atoms with E-state index >= 15 is 0 Å². The number of carbonyl (C=O) groups excluding carboxylic acids is 1. The van der Waals surface area contributed by atoms with Crippen LogP contribution in [0.4, 0.5) is 5.69 Å². The van der Waals surface area contributed by atoms with Crippen LogP contribution in [0.2, 0.25) is 0 Å². The van der Waals surface area contributed by atoms with Crippen molar-refractivity contribution in [2.24, 2.45) is 5.92 Å². The molecule has 0 radical (unpaired) electrons. The van der Waals surface area contributed by atoms with Crippen LogP contribution in [0, 0.1) is 5.92 Å². The lowest BCUT2D eigenvalue weighted by Gasteiger charge is -2.28. The second kappa shape index (κ2) is 11.4. The average molecular weight is 460 g/mol. The average Bonchev–Trinajstić information content (AvgIpc) is 3.07. The molecule has 7 nitrogen and oxygen atoms in total. The number of ether oxygens (including phenoxy) is 1. The Labute approximate surface area is 199 Å². The number of carbonyl (C=O) groups is 2. The van der Waals surface area contributed by atoms with E-state index in [4.69, 9.17) is 4.74 Å². The van der Waals surface area contributed by atoms with E-state index in [0.29, 0.717) is 30.9 Å². The highest BCUT2D eigenvalue weighted by Gasteiger charge is 2.30. The number of nitrogens with zero attached hydrogens (tertiary/aromatic N) is 1. The predicted octanol–water partition coefficient (Wildman–Crippen LogP) is 4.85. The number of hydrogen-bond acceptors (Lipinski definition) is 5. The number of rotatable bonds is 8. The summed E-state index contributed by atoms with van der Waals surface area (Å²) >= 11 is 0. The number of hydrazine groups is 1. The van der Waals surface area contributed by atoms with Gasteiger partial charge >= 0.3 is 5.97 Å². The van der Waals surface area contributed by atoms with Gasteiger partial charge < -0.3 is 15.2 Å². The fraction of sp³-hybridized carbons (Fsp3) is 0.259. The molecule has 2 unspecified atom stereocenters. The molecule has 0 spiro atoms. The van der Waals surface area contributed by atoms with E-state index in [1.807, 2.05) is 84.9 Å². The lowest BCUT2D eigenvalue weighted by Crippen LogP contribution is -2.44. The minimum atomic E-state index is -0.894. The predicted molar refractivity (Wildman–Crippen MR) is 130 cm³/mol. The molecule has 3 aromatic rings. The third-order valence-corrected chi connectivity index (χ3v) is 5.85. The Balaban J connectivity index is 1.29. The maximum Gasteiger partial charge on any atom is 0.326 e. The summed E-state index contributed by atoms with van der Waals surface area (Å²) in [5.74, 6) is 0.621. The first kappa shape index (κ1) is 23.5. The lowest BCUT2D eigenvalue weighted by molar-refractivity contribution is -0.145. The van der Waals surface area contributed by atoms with Crippen LogP contribution in [0.15, 0.2) is 84.9 Å². The van der Waals surface area contributed by atoms with Crippen molar-refractivity contribution in [1.29, 1.82) is 0 Å². The van der Waals surface area contributed by atoms with Crippen molar-refractivity contribution < 1.29 is 19.4 Å². The van der Waals surface area contributed by atoms with E-state index in [0.717, 1.165) is 24.2 Å². The van der Waals surface area contributed by atoms with Crippen LogP contribution in [0.1, 0.15) is 30.9 Å². The lowest BCUT2D eigenvalue weighted by atomic mass is 9.99. The molecule has 1 amide bonds. The molecule has 4 rings (SSSR count). The van der Waals surface area contributed by atoms with Crippen LogP contribution in [0.25, 0.3) is 0 Å². The molecule has 1 fully saturated rings. The van der Waals surface area contributed by atoms with Gasteiger partial charge in [-0.05, 0) is 60.7 Å². The molecular formula is C27H29N3O4. The number of aliphatic carboxylic acids is 1. The quantitative estimate of drug-likeness (QED) is 0.446. The number of anilines is 1. The Kier molecular flexibility index (Phi) is 7.91. The number of benzene rings is 3. The van der Waals surface area contributed by atoms with E-state index < -0.39 is 12.0 Å². The van der Waals surface area contributed by atoms with E-state index in [2.05, 4.69) is 10.7 Å². The van der Waals surface area contributed by atoms with Gasteiger partial charge in [-0.15, -0.1) is 0 Å². The monoisotopic (exact) mass is 459 g/mol. The summed E-state index contributed by atoms with van der Waals surface area (Å²) in [7, 11) is 0. The van der Waals surface area contributed by atoms with Crippen LogP contribution in [0.3, 0.4) is 0 Å². The summed E-state index contributed by atoms with van der Waals surface area (Å²) in [4.78, 5) is 24.6. The van der Waals surface area contributed by atoms with Crippen LogP contribution < -0.4 is 15.5 Å². The molecule has 1 aliphatic rings. The molecule has 1 aliphatic heterocycles. The number of carboxylic acids is 1. The Hall–Kier alpha value is -3.68. The van der Waals surface area contributed by atoms with Crippen LogP contribution in [-0.4, -0.2) is 35.1 Å². The van der Waals surface area contributed by atoms with Crippen molar-refractivity contribution in [3.63, 3.8) is 0 Å². The Bertz CT molecular complexity index is 1070. The maximum atomic E-state index is 12.6. The first-order valence-corrected chi connectivity index (χ1v) is 11.5. The fourth-order valence-corrected chi connectivity index (χ4v) is 4.17. The zero-order chi connectivity index (χ0) is 23.8. The van der Waals surface area contributed by atoms with Gasteiger partial charge in [-0.3, -0.25) is 15.0 Å². The molecule has 0 aliphatic carbocycles. The third kappa shape index (κ3) is 6.43. The molecule has 7 heteroatoms. The maximum absolute atomic E-state index is 12.6. The van der Waals surface area contributed by atoms with Gasteiger partial charge in [0.05, 0.1) is 0 Å². The second-order valence-corrected chi connectivity index (χ2v) is 8.41. The van der Waals surface area contributed by atoms with Crippen LogP contribution in [0.5, 0.6) is 11.5 Å². The van der Waals surface area contributed by atoms with Crippen molar-refractivity contribution >= 4 is 17.6 Å². The number of amides is 1. The molecule has 1 saturated heterocycles.